The minimum Gasteiger partial charge on any atom is -0.389 e. The van der Waals surface area contributed by atoms with Crippen molar-refractivity contribution in [2.24, 2.45) is 5.73 Å². The number of nitrogens with two attached hydrogens (primary N) is 1. The first-order chi connectivity index (χ1) is 8.25. The Morgan fingerprint density at radius 3 is 3.00 bits per heavy atom. The minimum absolute atomic E-state index is 0.334. The van der Waals surface area contributed by atoms with Crippen molar-refractivity contribution in [1.82, 2.24) is 4.98 Å². The van der Waals surface area contributed by atoms with Gasteiger partial charge in [0.05, 0.1) is 25.4 Å². The highest BCUT2D eigenvalue weighted by Crippen LogP contribution is 2.10. The molecule has 0 spiro atoms. The average molecular weight is 255 g/mol. The van der Waals surface area contributed by atoms with Crippen LogP contribution in [0.1, 0.15) is 5.56 Å². The van der Waals surface area contributed by atoms with Crippen LogP contribution in [0.4, 0.5) is 5.82 Å². The SMILES string of the molecule is COCCOCCNc1ncccc1C(N)=S. The molecule has 0 aliphatic carbocycles. The van der Waals surface area contributed by atoms with Crippen molar-refractivity contribution in [3.8, 4) is 0 Å². The molecule has 0 aromatic carbocycles. The van der Waals surface area contributed by atoms with Crippen LogP contribution in [0.3, 0.4) is 0 Å². The maximum atomic E-state index is 5.59. The molecular weight excluding hydrogens is 238 g/mol. The summed E-state index contributed by atoms with van der Waals surface area (Å²) in [5.41, 5.74) is 6.34. The van der Waals surface area contributed by atoms with E-state index in [4.69, 9.17) is 27.4 Å². The molecule has 1 aromatic heterocycles. The summed E-state index contributed by atoms with van der Waals surface area (Å²) in [5, 5.41) is 3.13. The molecule has 1 aromatic rings. The molecule has 0 amide bonds. The lowest BCUT2D eigenvalue weighted by Gasteiger charge is -2.09. The van der Waals surface area contributed by atoms with Gasteiger partial charge >= 0.3 is 0 Å². The summed E-state index contributed by atoms with van der Waals surface area (Å²) in [4.78, 5) is 4.51. The van der Waals surface area contributed by atoms with Crippen molar-refractivity contribution in [2.45, 2.75) is 0 Å². The molecule has 1 rings (SSSR count). The maximum absolute atomic E-state index is 5.59. The van der Waals surface area contributed by atoms with E-state index in [0.29, 0.717) is 37.2 Å². The van der Waals surface area contributed by atoms with Crippen LogP contribution >= 0.6 is 12.2 Å². The van der Waals surface area contributed by atoms with Gasteiger partial charge in [-0.05, 0) is 12.1 Å². The quantitative estimate of drug-likeness (QED) is 0.529. The van der Waals surface area contributed by atoms with Crippen LogP contribution in [0.25, 0.3) is 0 Å². The lowest BCUT2D eigenvalue weighted by atomic mass is 10.2. The Morgan fingerprint density at radius 2 is 2.29 bits per heavy atom. The Kier molecular flexibility index (Phi) is 6.46. The summed E-state index contributed by atoms with van der Waals surface area (Å²) >= 11 is 4.94. The fourth-order valence-electron chi connectivity index (χ4n) is 1.23. The Hall–Kier alpha value is -1.24. The van der Waals surface area contributed by atoms with E-state index in [2.05, 4.69) is 10.3 Å². The number of pyridine rings is 1. The molecule has 0 saturated heterocycles. The van der Waals surface area contributed by atoms with Crippen LogP contribution in [0.5, 0.6) is 0 Å². The Balaban J connectivity index is 2.34. The Labute approximate surface area is 106 Å². The number of nitrogens with zero attached hydrogens (tertiary/aromatic N) is 1. The minimum atomic E-state index is 0.334. The van der Waals surface area contributed by atoms with E-state index in [1.807, 2.05) is 6.07 Å². The number of thiocarbonyl (C=S) groups is 1. The van der Waals surface area contributed by atoms with Gasteiger partial charge < -0.3 is 20.5 Å². The van der Waals surface area contributed by atoms with Gasteiger partial charge in [-0.3, -0.25) is 0 Å². The predicted octanol–water partition coefficient (Wildman–Crippen LogP) is 0.791. The second-order valence-corrected chi connectivity index (χ2v) is 3.74. The number of rotatable bonds is 8. The highest BCUT2D eigenvalue weighted by molar-refractivity contribution is 7.80. The van der Waals surface area contributed by atoms with Gasteiger partial charge in [0.25, 0.3) is 0 Å². The number of anilines is 1. The lowest BCUT2D eigenvalue weighted by molar-refractivity contribution is 0.0759. The second-order valence-electron chi connectivity index (χ2n) is 3.30. The molecule has 3 N–H and O–H groups in total. The van der Waals surface area contributed by atoms with Crippen molar-refractivity contribution in [3.05, 3.63) is 23.9 Å². The highest BCUT2D eigenvalue weighted by Gasteiger charge is 2.04. The van der Waals surface area contributed by atoms with Gasteiger partial charge in [0, 0.05) is 19.9 Å². The lowest BCUT2D eigenvalue weighted by Crippen LogP contribution is -2.17. The Bertz CT molecular complexity index is 360. The van der Waals surface area contributed by atoms with Gasteiger partial charge in [-0.1, -0.05) is 12.2 Å². The predicted molar refractivity (Wildman–Crippen MR) is 71.3 cm³/mol. The molecule has 6 heteroatoms. The molecule has 0 bridgehead atoms. The summed E-state index contributed by atoms with van der Waals surface area (Å²) < 4.78 is 10.2. The van der Waals surface area contributed by atoms with Crippen molar-refractivity contribution in [3.63, 3.8) is 0 Å². The molecule has 0 atom stereocenters. The van der Waals surface area contributed by atoms with Gasteiger partial charge in [-0.25, -0.2) is 4.98 Å². The van der Waals surface area contributed by atoms with Gasteiger partial charge in [0.1, 0.15) is 10.8 Å². The standard InChI is InChI=1S/C11H17N3O2S/c1-15-7-8-16-6-5-14-11-9(10(12)17)3-2-4-13-11/h2-4H,5-8H2,1H3,(H2,12,17)(H,13,14). The Morgan fingerprint density at radius 1 is 1.47 bits per heavy atom. The topological polar surface area (TPSA) is 69.4 Å². The van der Waals surface area contributed by atoms with Crippen LogP contribution in [0.2, 0.25) is 0 Å². The zero-order valence-electron chi connectivity index (χ0n) is 9.81. The second kappa shape index (κ2) is 7.94. The number of methoxy groups -OCH3 is 1. The van der Waals surface area contributed by atoms with Crippen LogP contribution < -0.4 is 11.1 Å². The van der Waals surface area contributed by atoms with E-state index in [9.17, 15) is 0 Å². The van der Waals surface area contributed by atoms with Crippen LogP contribution in [0.15, 0.2) is 18.3 Å². The number of hydrogen-bond donors (Lipinski definition) is 2. The fourth-order valence-corrected chi connectivity index (χ4v) is 1.40. The molecule has 17 heavy (non-hydrogen) atoms. The zero-order chi connectivity index (χ0) is 12.5. The van der Waals surface area contributed by atoms with Crippen molar-refractivity contribution >= 4 is 23.0 Å². The van der Waals surface area contributed by atoms with Gasteiger partial charge in [0.2, 0.25) is 0 Å². The molecule has 94 valence electrons. The number of hydrogen-bond acceptors (Lipinski definition) is 5. The third-order valence-corrected chi connectivity index (χ3v) is 2.26. The highest BCUT2D eigenvalue weighted by atomic mass is 32.1. The molecule has 0 unspecified atom stereocenters. The zero-order valence-corrected chi connectivity index (χ0v) is 10.6. The molecular formula is C11H17N3O2S. The van der Waals surface area contributed by atoms with E-state index in [1.165, 1.54) is 0 Å². The van der Waals surface area contributed by atoms with Crippen LogP contribution in [-0.2, 0) is 9.47 Å². The maximum Gasteiger partial charge on any atom is 0.136 e. The van der Waals surface area contributed by atoms with E-state index in [-0.39, 0.29) is 0 Å². The first-order valence-corrected chi connectivity index (χ1v) is 5.72. The molecule has 0 radical (unpaired) electrons. The van der Waals surface area contributed by atoms with E-state index < -0.39 is 0 Å². The van der Waals surface area contributed by atoms with E-state index >= 15 is 0 Å². The third-order valence-electron chi connectivity index (χ3n) is 2.04. The summed E-state index contributed by atoms with van der Waals surface area (Å²) in [6.45, 7) is 2.41. The number of ether oxygens (including phenoxy) is 2. The van der Waals surface area contributed by atoms with Crippen LogP contribution in [-0.4, -0.2) is 43.4 Å². The molecule has 0 aliphatic heterocycles. The summed E-state index contributed by atoms with van der Waals surface area (Å²) in [6, 6.07) is 3.64. The largest absolute Gasteiger partial charge is 0.389 e. The molecule has 5 nitrogen and oxygen atoms in total. The van der Waals surface area contributed by atoms with Gasteiger partial charge in [-0.2, -0.15) is 0 Å². The summed E-state index contributed by atoms with van der Waals surface area (Å²) in [6.07, 6.45) is 1.69. The smallest absolute Gasteiger partial charge is 0.136 e. The monoisotopic (exact) mass is 255 g/mol. The summed E-state index contributed by atoms with van der Waals surface area (Å²) in [5.74, 6) is 0.690. The molecule has 1 heterocycles. The third kappa shape index (κ3) is 5.08. The average Bonchev–Trinajstić information content (AvgIpc) is 2.34. The van der Waals surface area contributed by atoms with E-state index in [1.54, 1.807) is 19.4 Å². The molecule has 0 fully saturated rings. The number of aromatic nitrogens is 1. The van der Waals surface area contributed by atoms with Crippen molar-refractivity contribution < 1.29 is 9.47 Å². The number of nitrogens with one attached hydrogen (secondary N) is 1. The first kappa shape index (κ1) is 13.8. The van der Waals surface area contributed by atoms with Crippen molar-refractivity contribution in [1.29, 1.82) is 0 Å². The first-order valence-electron chi connectivity index (χ1n) is 5.31. The van der Waals surface area contributed by atoms with Gasteiger partial charge in [-0.15, -0.1) is 0 Å². The van der Waals surface area contributed by atoms with Crippen molar-refractivity contribution in [2.75, 3.05) is 38.8 Å². The molecule has 0 saturated carbocycles. The van der Waals surface area contributed by atoms with Gasteiger partial charge in [0.15, 0.2) is 0 Å². The summed E-state index contributed by atoms with van der Waals surface area (Å²) in [7, 11) is 1.64. The molecule has 0 aliphatic rings. The van der Waals surface area contributed by atoms with E-state index in [0.717, 1.165) is 5.56 Å². The normalized spacial score (nSPS) is 10.2. The fraction of sp³-hybridized carbons (Fsp3) is 0.455. The van der Waals surface area contributed by atoms with Crippen LogP contribution in [0, 0.1) is 0 Å².